The van der Waals surface area contributed by atoms with Crippen LogP contribution >= 0.6 is 0 Å². The third-order valence-corrected chi connectivity index (χ3v) is 2.95. The molecular weight excluding hydrogens is 394 g/mol. The van der Waals surface area contributed by atoms with Crippen molar-refractivity contribution < 1.29 is 63.3 Å². The summed E-state index contributed by atoms with van der Waals surface area (Å²) in [5.74, 6) is 1.88. The fourth-order valence-electron chi connectivity index (χ4n) is 2.11. The first-order chi connectivity index (χ1) is 9.78. The average Bonchev–Trinajstić information content (AvgIpc) is 2.49. The molecule has 9 heteroatoms. The molecule has 0 amide bonds. The Morgan fingerprint density at radius 3 is 2.52 bits per heavy atom. The van der Waals surface area contributed by atoms with Crippen LogP contribution in [0.15, 0.2) is 18.2 Å². The molecule has 0 unspecified atom stereocenters. The number of benzene rings is 1. The first kappa shape index (κ1) is 24.3. The molecule has 0 aromatic heterocycles. The molecule has 23 heavy (non-hydrogen) atoms. The molecule has 1 heterocycles. The Kier molecular flexibility index (Phi) is 13.1. The van der Waals surface area contributed by atoms with Gasteiger partial charge in [-0.05, 0) is 26.0 Å². The minimum Gasteiger partial charge on any atom is -1.00 e. The second-order valence-electron chi connectivity index (χ2n) is 4.26. The number of hydrogen-bond donors (Lipinski definition) is 0. The minimum absolute atomic E-state index is 0. The van der Waals surface area contributed by atoms with Crippen LogP contribution in [0.25, 0.3) is 5.53 Å². The number of anilines is 1. The van der Waals surface area contributed by atoms with Gasteiger partial charge in [-0.25, -0.2) is 0 Å². The standard InChI is InChI=1S/C14H19N3O3.2ClH.Zn/c1-3-18-11-5-6-13(19-4-2)12(9-11)17-7-8-20-14(10-17)16-15;;;/h5-6,9H,3-4,7-8,10H2,1-2H3;2*1H;/q;;;+2/p-2. The molecule has 1 fully saturated rings. The molecule has 1 aliphatic heterocycles. The normalized spacial score (nSPS) is 12.6. The summed E-state index contributed by atoms with van der Waals surface area (Å²) >= 11 is 0. The maximum absolute atomic E-state index is 8.85. The van der Waals surface area contributed by atoms with E-state index in [1.165, 1.54) is 0 Å². The van der Waals surface area contributed by atoms with E-state index in [1.807, 2.05) is 36.9 Å². The summed E-state index contributed by atoms with van der Waals surface area (Å²) in [6, 6.07) is 5.73. The number of rotatable bonds is 5. The zero-order valence-electron chi connectivity index (χ0n) is 13.3. The summed E-state index contributed by atoms with van der Waals surface area (Å²) in [4.78, 5) is 5.19. The maximum Gasteiger partial charge on any atom is 2.00 e. The van der Waals surface area contributed by atoms with E-state index in [0.717, 1.165) is 17.2 Å². The van der Waals surface area contributed by atoms with Crippen molar-refractivity contribution in [1.82, 2.24) is 0 Å². The predicted octanol–water partition coefficient (Wildman–Crippen LogP) is -4.05. The Morgan fingerprint density at radius 2 is 1.91 bits per heavy atom. The van der Waals surface area contributed by atoms with Gasteiger partial charge in [0.15, 0.2) is 6.54 Å². The van der Waals surface area contributed by atoms with Crippen LogP contribution in [0.2, 0.25) is 0 Å². The van der Waals surface area contributed by atoms with Gasteiger partial charge in [-0.1, -0.05) is 0 Å². The fourth-order valence-corrected chi connectivity index (χ4v) is 2.11. The number of nitrogens with zero attached hydrogens (tertiary/aromatic N) is 3. The van der Waals surface area contributed by atoms with E-state index in [4.69, 9.17) is 19.7 Å². The summed E-state index contributed by atoms with van der Waals surface area (Å²) in [7, 11) is 0. The molecule has 2 rings (SSSR count). The van der Waals surface area contributed by atoms with Crippen molar-refractivity contribution in [3.8, 4) is 11.5 Å². The van der Waals surface area contributed by atoms with Crippen LogP contribution in [0, 0.1) is 0 Å². The molecule has 6 nitrogen and oxygen atoms in total. The summed E-state index contributed by atoms with van der Waals surface area (Å²) in [6.07, 6.45) is 0. The monoisotopic (exact) mass is 411 g/mol. The predicted molar refractivity (Wildman–Crippen MR) is 75.6 cm³/mol. The van der Waals surface area contributed by atoms with Crippen LogP contribution in [-0.2, 0) is 24.2 Å². The topological polar surface area (TPSA) is 67.3 Å². The van der Waals surface area contributed by atoms with E-state index >= 15 is 0 Å². The van der Waals surface area contributed by atoms with E-state index in [1.54, 1.807) is 0 Å². The van der Waals surface area contributed by atoms with Crippen molar-refractivity contribution in [3.05, 3.63) is 23.7 Å². The largest absolute Gasteiger partial charge is 2.00 e. The fraction of sp³-hybridized carbons (Fsp3) is 0.500. The third kappa shape index (κ3) is 6.56. The molecule has 1 aliphatic rings. The van der Waals surface area contributed by atoms with Crippen molar-refractivity contribution in [2.75, 3.05) is 37.8 Å². The zero-order chi connectivity index (χ0) is 14.4. The van der Waals surface area contributed by atoms with Gasteiger partial charge in [0.1, 0.15) is 18.1 Å². The van der Waals surface area contributed by atoms with Crippen LogP contribution < -0.4 is 39.2 Å². The van der Waals surface area contributed by atoms with Gasteiger partial charge >= 0.3 is 25.4 Å². The number of halogens is 2. The molecule has 0 saturated carbocycles. The van der Waals surface area contributed by atoms with Gasteiger partial charge < -0.3 is 49.5 Å². The van der Waals surface area contributed by atoms with Gasteiger partial charge in [0.2, 0.25) is 0 Å². The van der Waals surface area contributed by atoms with Crippen LogP contribution in [-0.4, -0.2) is 43.6 Å². The van der Waals surface area contributed by atoms with Gasteiger partial charge in [0, 0.05) is 6.07 Å². The van der Waals surface area contributed by atoms with E-state index < -0.39 is 0 Å². The second kappa shape index (κ2) is 12.4. The first-order valence-corrected chi connectivity index (χ1v) is 6.76. The van der Waals surface area contributed by atoms with Crippen molar-refractivity contribution in [1.29, 1.82) is 0 Å². The Morgan fingerprint density at radius 1 is 1.22 bits per heavy atom. The summed E-state index contributed by atoms with van der Waals surface area (Å²) in [5, 5.41) is 0. The SMILES string of the molecule is CCOc1ccc(OCC)c(N2CCOC(=[N+]=[N-])C2)c1.[Cl-].[Cl-].[Zn+2]. The summed E-state index contributed by atoms with van der Waals surface area (Å²) in [6.45, 7) is 6.68. The average molecular weight is 414 g/mol. The van der Waals surface area contributed by atoms with Crippen molar-refractivity contribution in [3.63, 3.8) is 0 Å². The van der Waals surface area contributed by atoms with Gasteiger partial charge in [0.25, 0.3) is 0 Å². The van der Waals surface area contributed by atoms with Crippen molar-refractivity contribution in [2.24, 2.45) is 0 Å². The Balaban J connectivity index is 0. The van der Waals surface area contributed by atoms with Gasteiger partial charge in [-0.3, -0.25) is 0 Å². The molecule has 0 atom stereocenters. The van der Waals surface area contributed by atoms with E-state index in [2.05, 4.69) is 4.79 Å². The molecule has 0 N–H and O–H groups in total. The molecule has 1 saturated heterocycles. The van der Waals surface area contributed by atoms with Gasteiger partial charge in [-0.2, -0.15) is 0 Å². The first-order valence-electron chi connectivity index (χ1n) is 6.76. The number of hydrogen-bond acceptors (Lipinski definition) is 4. The summed E-state index contributed by atoms with van der Waals surface area (Å²) < 4.78 is 16.4. The van der Waals surface area contributed by atoms with E-state index in [0.29, 0.717) is 38.8 Å². The molecule has 1 aromatic rings. The van der Waals surface area contributed by atoms with Gasteiger partial charge in [0.05, 0.1) is 25.4 Å². The van der Waals surface area contributed by atoms with E-state index in [-0.39, 0.29) is 44.3 Å². The van der Waals surface area contributed by atoms with Gasteiger partial charge in [-0.15, -0.1) is 4.79 Å². The number of ether oxygens (including phenoxy) is 3. The maximum atomic E-state index is 8.85. The molecule has 1 aromatic carbocycles. The molecule has 124 valence electrons. The van der Waals surface area contributed by atoms with Crippen molar-refractivity contribution >= 4 is 11.6 Å². The Labute approximate surface area is 161 Å². The Hall–Kier alpha value is -0.997. The quantitative estimate of drug-likeness (QED) is 0.280. The third-order valence-electron chi connectivity index (χ3n) is 2.95. The van der Waals surface area contributed by atoms with Crippen LogP contribution in [0.5, 0.6) is 11.5 Å². The van der Waals surface area contributed by atoms with E-state index in [9.17, 15) is 0 Å². The molecule has 0 spiro atoms. The molecule has 0 bridgehead atoms. The molecule has 0 radical (unpaired) electrons. The van der Waals surface area contributed by atoms with Crippen LogP contribution in [0.1, 0.15) is 13.8 Å². The molecule has 0 aliphatic carbocycles. The van der Waals surface area contributed by atoms with Crippen molar-refractivity contribution in [2.45, 2.75) is 13.8 Å². The number of morpholine rings is 1. The molecular formula is C14H19Cl2N3O3Zn. The zero-order valence-corrected chi connectivity index (χ0v) is 17.8. The summed E-state index contributed by atoms with van der Waals surface area (Å²) in [5.41, 5.74) is 9.77. The smallest absolute Gasteiger partial charge is 1.00 e. The Bertz CT molecular complexity index is 528. The van der Waals surface area contributed by atoms with Crippen LogP contribution in [0.3, 0.4) is 0 Å². The minimum atomic E-state index is 0. The second-order valence-corrected chi connectivity index (χ2v) is 4.26. The van der Waals surface area contributed by atoms with Crippen LogP contribution in [0.4, 0.5) is 5.69 Å².